The number of nitrogens with one attached hydrogen (secondary N) is 1. The third-order valence-corrected chi connectivity index (χ3v) is 3.26. The van der Waals surface area contributed by atoms with Gasteiger partial charge in [-0.15, -0.1) is 0 Å². The standard InChI is InChI=1S/C13H22N4/c14-12-6-5-7-15-13(12)16-8-11-17-9-3-1-2-4-10-17/h5-7H,1-4,8-11,14H2,(H,15,16). The fourth-order valence-electron chi connectivity index (χ4n) is 2.26. The minimum atomic E-state index is 0.725. The first-order chi connectivity index (χ1) is 8.36. The Morgan fingerprint density at radius 2 is 2.00 bits per heavy atom. The number of likely N-dealkylation sites (tertiary alicyclic amines) is 1. The van der Waals surface area contributed by atoms with Crippen molar-refractivity contribution in [3.63, 3.8) is 0 Å². The molecule has 1 aliphatic heterocycles. The molecule has 17 heavy (non-hydrogen) atoms. The maximum atomic E-state index is 5.83. The number of hydrogen-bond donors (Lipinski definition) is 2. The van der Waals surface area contributed by atoms with Gasteiger partial charge in [0.2, 0.25) is 0 Å². The summed E-state index contributed by atoms with van der Waals surface area (Å²) < 4.78 is 0. The Balaban J connectivity index is 1.73. The van der Waals surface area contributed by atoms with Crippen molar-refractivity contribution in [2.24, 2.45) is 0 Å². The van der Waals surface area contributed by atoms with E-state index in [1.807, 2.05) is 12.1 Å². The zero-order valence-corrected chi connectivity index (χ0v) is 10.4. The summed E-state index contributed by atoms with van der Waals surface area (Å²) >= 11 is 0. The number of nitrogens with two attached hydrogens (primary N) is 1. The van der Waals surface area contributed by atoms with Crippen molar-refractivity contribution in [2.45, 2.75) is 25.7 Å². The molecule has 0 atom stereocenters. The molecule has 0 aromatic carbocycles. The molecule has 0 spiro atoms. The number of nitrogens with zero attached hydrogens (tertiary/aromatic N) is 2. The zero-order valence-electron chi connectivity index (χ0n) is 10.4. The molecule has 1 aliphatic rings. The van der Waals surface area contributed by atoms with Gasteiger partial charge in [0.15, 0.2) is 0 Å². The molecule has 2 rings (SSSR count). The molecule has 0 saturated carbocycles. The first-order valence-corrected chi connectivity index (χ1v) is 6.53. The van der Waals surface area contributed by atoms with Gasteiger partial charge in [-0.3, -0.25) is 0 Å². The largest absolute Gasteiger partial charge is 0.396 e. The Kier molecular flexibility index (Phi) is 4.62. The predicted octanol–water partition coefficient (Wildman–Crippen LogP) is 1.95. The van der Waals surface area contributed by atoms with E-state index in [9.17, 15) is 0 Å². The van der Waals surface area contributed by atoms with Gasteiger partial charge in [-0.2, -0.15) is 0 Å². The van der Waals surface area contributed by atoms with Gasteiger partial charge >= 0.3 is 0 Å². The molecule has 1 aromatic heterocycles. The molecule has 4 heteroatoms. The van der Waals surface area contributed by atoms with Crippen molar-refractivity contribution < 1.29 is 0 Å². The van der Waals surface area contributed by atoms with Gasteiger partial charge < -0.3 is 16.0 Å². The summed E-state index contributed by atoms with van der Waals surface area (Å²) in [5.41, 5.74) is 6.55. The molecular weight excluding hydrogens is 212 g/mol. The molecule has 0 radical (unpaired) electrons. The van der Waals surface area contributed by atoms with Crippen LogP contribution in [0.5, 0.6) is 0 Å². The van der Waals surface area contributed by atoms with Crippen LogP contribution in [-0.2, 0) is 0 Å². The summed E-state index contributed by atoms with van der Waals surface area (Å²) in [6, 6.07) is 3.73. The van der Waals surface area contributed by atoms with E-state index in [-0.39, 0.29) is 0 Å². The SMILES string of the molecule is Nc1cccnc1NCCN1CCCCCC1. The Bertz CT molecular complexity index is 332. The van der Waals surface area contributed by atoms with Gasteiger partial charge in [0.1, 0.15) is 5.82 Å². The Morgan fingerprint density at radius 3 is 2.71 bits per heavy atom. The topological polar surface area (TPSA) is 54.2 Å². The molecule has 0 aliphatic carbocycles. The van der Waals surface area contributed by atoms with Gasteiger partial charge in [0.05, 0.1) is 5.69 Å². The van der Waals surface area contributed by atoms with Crippen LogP contribution < -0.4 is 11.1 Å². The lowest BCUT2D eigenvalue weighted by Gasteiger charge is -2.20. The van der Waals surface area contributed by atoms with E-state index in [1.54, 1.807) is 6.20 Å². The molecule has 0 amide bonds. The van der Waals surface area contributed by atoms with Gasteiger partial charge in [-0.05, 0) is 38.1 Å². The molecule has 3 N–H and O–H groups in total. The van der Waals surface area contributed by atoms with Crippen molar-refractivity contribution in [3.8, 4) is 0 Å². The van der Waals surface area contributed by atoms with E-state index in [0.717, 1.165) is 24.6 Å². The Morgan fingerprint density at radius 1 is 1.24 bits per heavy atom. The molecular formula is C13H22N4. The monoisotopic (exact) mass is 234 g/mol. The van der Waals surface area contributed by atoms with Crippen LogP contribution in [0.3, 0.4) is 0 Å². The summed E-state index contributed by atoms with van der Waals surface area (Å²) in [6.45, 7) is 4.47. The van der Waals surface area contributed by atoms with Gasteiger partial charge in [-0.25, -0.2) is 4.98 Å². The molecule has 2 heterocycles. The average molecular weight is 234 g/mol. The highest BCUT2D eigenvalue weighted by Crippen LogP contribution is 2.13. The van der Waals surface area contributed by atoms with E-state index < -0.39 is 0 Å². The van der Waals surface area contributed by atoms with Crippen LogP contribution in [0.4, 0.5) is 11.5 Å². The molecule has 1 aromatic rings. The second kappa shape index (κ2) is 6.45. The molecule has 0 unspecified atom stereocenters. The number of hydrogen-bond acceptors (Lipinski definition) is 4. The normalized spacial score (nSPS) is 17.6. The average Bonchev–Trinajstić information content (AvgIpc) is 2.60. The number of rotatable bonds is 4. The Hall–Kier alpha value is -1.29. The van der Waals surface area contributed by atoms with Crippen LogP contribution in [0.1, 0.15) is 25.7 Å². The molecule has 0 bridgehead atoms. The van der Waals surface area contributed by atoms with E-state index in [0.29, 0.717) is 0 Å². The lowest BCUT2D eigenvalue weighted by Crippen LogP contribution is -2.30. The zero-order chi connectivity index (χ0) is 11.9. The molecule has 94 valence electrons. The third kappa shape index (κ3) is 3.89. The highest BCUT2D eigenvalue weighted by molar-refractivity contribution is 5.60. The van der Waals surface area contributed by atoms with Crippen molar-refractivity contribution >= 4 is 11.5 Å². The minimum Gasteiger partial charge on any atom is -0.396 e. The van der Waals surface area contributed by atoms with Crippen LogP contribution in [0, 0.1) is 0 Å². The van der Waals surface area contributed by atoms with Crippen LogP contribution in [-0.4, -0.2) is 36.1 Å². The Labute approximate surface area is 103 Å². The van der Waals surface area contributed by atoms with Gasteiger partial charge in [0, 0.05) is 19.3 Å². The van der Waals surface area contributed by atoms with Gasteiger partial charge in [0.25, 0.3) is 0 Å². The maximum Gasteiger partial charge on any atom is 0.149 e. The second-order valence-corrected chi connectivity index (χ2v) is 4.62. The molecule has 4 nitrogen and oxygen atoms in total. The smallest absolute Gasteiger partial charge is 0.149 e. The summed E-state index contributed by atoms with van der Waals surface area (Å²) in [4.78, 5) is 6.75. The lowest BCUT2D eigenvalue weighted by atomic mass is 10.2. The van der Waals surface area contributed by atoms with E-state index >= 15 is 0 Å². The predicted molar refractivity (Wildman–Crippen MR) is 72.0 cm³/mol. The fourth-order valence-corrected chi connectivity index (χ4v) is 2.26. The minimum absolute atomic E-state index is 0.725. The summed E-state index contributed by atoms with van der Waals surface area (Å²) in [5, 5.41) is 3.30. The van der Waals surface area contributed by atoms with Gasteiger partial charge in [-0.1, -0.05) is 12.8 Å². The number of aromatic nitrogens is 1. The fraction of sp³-hybridized carbons (Fsp3) is 0.615. The molecule has 1 saturated heterocycles. The first-order valence-electron chi connectivity index (χ1n) is 6.53. The van der Waals surface area contributed by atoms with Crippen LogP contribution in [0.15, 0.2) is 18.3 Å². The first kappa shape index (κ1) is 12.2. The van der Waals surface area contributed by atoms with Crippen LogP contribution in [0.25, 0.3) is 0 Å². The summed E-state index contributed by atoms with van der Waals surface area (Å²) in [6.07, 6.45) is 7.22. The van der Waals surface area contributed by atoms with Crippen LogP contribution in [0.2, 0.25) is 0 Å². The quantitative estimate of drug-likeness (QED) is 0.836. The van der Waals surface area contributed by atoms with Crippen molar-refractivity contribution in [1.82, 2.24) is 9.88 Å². The number of anilines is 2. The highest BCUT2D eigenvalue weighted by atomic mass is 15.1. The number of nitrogen functional groups attached to an aromatic ring is 1. The summed E-state index contributed by atoms with van der Waals surface area (Å²) in [7, 11) is 0. The highest BCUT2D eigenvalue weighted by Gasteiger charge is 2.08. The summed E-state index contributed by atoms with van der Waals surface area (Å²) in [5.74, 6) is 0.808. The van der Waals surface area contributed by atoms with Crippen molar-refractivity contribution in [2.75, 3.05) is 37.2 Å². The maximum absolute atomic E-state index is 5.83. The third-order valence-electron chi connectivity index (χ3n) is 3.26. The van der Waals surface area contributed by atoms with Crippen molar-refractivity contribution in [1.29, 1.82) is 0 Å². The van der Waals surface area contributed by atoms with Crippen LogP contribution >= 0.6 is 0 Å². The second-order valence-electron chi connectivity index (χ2n) is 4.62. The number of pyridine rings is 1. The van der Waals surface area contributed by atoms with Crippen molar-refractivity contribution in [3.05, 3.63) is 18.3 Å². The van der Waals surface area contributed by atoms with E-state index in [4.69, 9.17) is 5.73 Å². The van der Waals surface area contributed by atoms with E-state index in [2.05, 4.69) is 15.2 Å². The van der Waals surface area contributed by atoms with E-state index in [1.165, 1.54) is 38.8 Å². The molecule has 1 fully saturated rings. The lowest BCUT2D eigenvalue weighted by molar-refractivity contribution is 0.296.